The summed E-state index contributed by atoms with van der Waals surface area (Å²) in [5.41, 5.74) is 5.87. The maximum absolute atomic E-state index is 12.2. The molecule has 1 atom stereocenters. The Balaban J connectivity index is 2.06. The zero-order valence-corrected chi connectivity index (χ0v) is 13.1. The van der Waals surface area contributed by atoms with Crippen molar-refractivity contribution >= 4 is 38.9 Å². The number of nitrogens with one attached hydrogen (secondary N) is 1. The second-order valence-corrected chi connectivity index (χ2v) is 7.15. The number of halogens is 2. The van der Waals surface area contributed by atoms with E-state index in [1.165, 1.54) is 12.1 Å². The van der Waals surface area contributed by atoms with Crippen LogP contribution in [0.2, 0.25) is 10.0 Å². The molecule has 1 aliphatic heterocycles. The molecule has 1 unspecified atom stereocenters. The van der Waals surface area contributed by atoms with E-state index in [4.69, 9.17) is 33.7 Å². The highest BCUT2D eigenvalue weighted by molar-refractivity contribution is 7.89. The van der Waals surface area contributed by atoms with E-state index in [9.17, 15) is 8.42 Å². The average molecular weight is 339 g/mol. The van der Waals surface area contributed by atoms with Crippen LogP contribution in [0.25, 0.3) is 0 Å². The first-order chi connectivity index (χ1) is 9.40. The summed E-state index contributed by atoms with van der Waals surface area (Å²) in [6, 6.07) is 2.73. The maximum atomic E-state index is 12.2. The van der Waals surface area contributed by atoms with E-state index >= 15 is 0 Å². The van der Waals surface area contributed by atoms with E-state index in [0.29, 0.717) is 12.1 Å². The minimum Gasteiger partial charge on any atom is -0.399 e. The van der Waals surface area contributed by atoms with Gasteiger partial charge in [0.25, 0.3) is 0 Å². The summed E-state index contributed by atoms with van der Waals surface area (Å²) in [5.74, 6) is 0. The third-order valence-electron chi connectivity index (χ3n) is 3.07. The highest BCUT2D eigenvalue weighted by atomic mass is 35.5. The molecule has 0 radical (unpaired) electrons. The molecule has 0 aromatic heterocycles. The van der Waals surface area contributed by atoms with E-state index in [1.807, 2.05) is 0 Å². The van der Waals surface area contributed by atoms with Gasteiger partial charge in [-0.2, -0.15) is 0 Å². The first-order valence-corrected chi connectivity index (χ1v) is 8.50. The summed E-state index contributed by atoms with van der Waals surface area (Å²) in [4.78, 5) is -0.137. The molecule has 1 saturated heterocycles. The fraction of sp³-hybridized carbons (Fsp3) is 0.500. The van der Waals surface area contributed by atoms with E-state index < -0.39 is 10.0 Å². The minimum atomic E-state index is -3.76. The van der Waals surface area contributed by atoms with Crippen LogP contribution < -0.4 is 10.5 Å². The van der Waals surface area contributed by atoms with Crippen molar-refractivity contribution in [2.75, 3.05) is 18.9 Å². The quantitative estimate of drug-likeness (QED) is 0.808. The van der Waals surface area contributed by atoms with Crippen LogP contribution in [0.5, 0.6) is 0 Å². The molecule has 2 rings (SSSR count). The SMILES string of the molecule is Nc1cc(Cl)c(S(=O)(=O)NCCC2CCCO2)c(Cl)c1. The molecule has 1 fully saturated rings. The lowest BCUT2D eigenvalue weighted by atomic mass is 10.2. The largest absolute Gasteiger partial charge is 0.399 e. The van der Waals surface area contributed by atoms with Gasteiger partial charge in [0.05, 0.1) is 16.1 Å². The molecule has 20 heavy (non-hydrogen) atoms. The Morgan fingerprint density at radius 2 is 2.00 bits per heavy atom. The number of hydrogen-bond donors (Lipinski definition) is 2. The lowest BCUT2D eigenvalue weighted by Crippen LogP contribution is -2.27. The maximum Gasteiger partial charge on any atom is 0.243 e. The number of ether oxygens (including phenoxy) is 1. The first-order valence-electron chi connectivity index (χ1n) is 6.26. The van der Waals surface area contributed by atoms with Crippen molar-refractivity contribution in [3.63, 3.8) is 0 Å². The zero-order chi connectivity index (χ0) is 14.8. The predicted octanol–water partition coefficient (Wildman–Crippen LogP) is 2.42. The third kappa shape index (κ3) is 3.77. The number of nitrogens with two attached hydrogens (primary N) is 1. The normalized spacial score (nSPS) is 19.4. The van der Waals surface area contributed by atoms with Crippen molar-refractivity contribution in [3.8, 4) is 0 Å². The number of rotatable bonds is 5. The monoisotopic (exact) mass is 338 g/mol. The van der Waals surface area contributed by atoms with Gasteiger partial charge in [0.15, 0.2) is 0 Å². The molecule has 0 amide bonds. The number of benzene rings is 1. The van der Waals surface area contributed by atoms with Gasteiger partial charge in [0.2, 0.25) is 10.0 Å². The zero-order valence-electron chi connectivity index (χ0n) is 10.7. The fourth-order valence-electron chi connectivity index (χ4n) is 2.13. The lowest BCUT2D eigenvalue weighted by molar-refractivity contribution is 0.105. The van der Waals surface area contributed by atoms with Crippen molar-refractivity contribution in [1.29, 1.82) is 0 Å². The van der Waals surface area contributed by atoms with Gasteiger partial charge in [0.1, 0.15) is 4.90 Å². The van der Waals surface area contributed by atoms with E-state index in [1.54, 1.807) is 0 Å². The Morgan fingerprint density at radius 3 is 2.55 bits per heavy atom. The molecule has 0 aliphatic carbocycles. The highest BCUT2D eigenvalue weighted by Crippen LogP contribution is 2.31. The van der Waals surface area contributed by atoms with Gasteiger partial charge < -0.3 is 10.5 Å². The van der Waals surface area contributed by atoms with Crippen LogP contribution in [0.1, 0.15) is 19.3 Å². The van der Waals surface area contributed by atoms with Gasteiger partial charge in [-0.25, -0.2) is 13.1 Å². The second-order valence-electron chi connectivity index (χ2n) is 4.64. The van der Waals surface area contributed by atoms with Crippen LogP contribution >= 0.6 is 23.2 Å². The molecular formula is C12H16Cl2N2O3S. The predicted molar refractivity (Wildman–Crippen MR) is 79.7 cm³/mol. The van der Waals surface area contributed by atoms with Crippen molar-refractivity contribution in [2.45, 2.75) is 30.3 Å². The van der Waals surface area contributed by atoms with Crippen molar-refractivity contribution in [1.82, 2.24) is 4.72 Å². The highest BCUT2D eigenvalue weighted by Gasteiger charge is 2.23. The Hall–Kier alpha value is -0.530. The van der Waals surface area contributed by atoms with Crippen LogP contribution in [0, 0.1) is 0 Å². The molecule has 1 heterocycles. The summed E-state index contributed by atoms with van der Waals surface area (Å²) >= 11 is 11.8. The lowest BCUT2D eigenvalue weighted by Gasteiger charge is -2.12. The summed E-state index contributed by atoms with van der Waals surface area (Å²) < 4.78 is 32.3. The van der Waals surface area contributed by atoms with Crippen LogP contribution in [0.3, 0.4) is 0 Å². The summed E-state index contributed by atoms with van der Waals surface area (Å²) in [7, 11) is -3.76. The first kappa shape index (κ1) is 15.9. The van der Waals surface area contributed by atoms with Gasteiger partial charge in [-0.3, -0.25) is 0 Å². The van der Waals surface area contributed by atoms with Crippen molar-refractivity contribution in [2.24, 2.45) is 0 Å². The number of anilines is 1. The number of hydrogen-bond acceptors (Lipinski definition) is 4. The van der Waals surface area contributed by atoms with Crippen LogP contribution in [0.15, 0.2) is 17.0 Å². The van der Waals surface area contributed by atoms with Crippen LogP contribution in [0.4, 0.5) is 5.69 Å². The fourth-order valence-corrected chi connectivity index (χ4v) is 4.41. The molecule has 1 aliphatic rings. The second kappa shape index (κ2) is 6.49. The topological polar surface area (TPSA) is 81.4 Å². The van der Waals surface area contributed by atoms with Gasteiger partial charge in [-0.1, -0.05) is 23.2 Å². The summed E-state index contributed by atoms with van der Waals surface area (Å²) in [6.45, 7) is 1.02. The van der Waals surface area contributed by atoms with Crippen LogP contribution in [-0.2, 0) is 14.8 Å². The van der Waals surface area contributed by atoms with Crippen molar-refractivity contribution < 1.29 is 13.2 Å². The molecule has 0 bridgehead atoms. The standard InChI is InChI=1S/C12H16Cl2N2O3S/c13-10-6-8(15)7-11(14)12(10)20(17,18)16-4-3-9-2-1-5-19-9/h6-7,9,16H,1-5,15H2. The Morgan fingerprint density at radius 1 is 1.35 bits per heavy atom. The number of sulfonamides is 1. The van der Waals surface area contributed by atoms with Crippen molar-refractivity contribution in [3.05, 3.63) is 22.2 Å². The number of nitrogen functional groups attached to an aromatic ring is 1. The Labute approximate surface area is 128 Å². The van der Waals surface area contributed by atoms with Crippen LogP contribution in [-0.4, -0.2) is 27.7 Å². The molecule has 3 N–H and O–H groups in total. The molecular weight excluding hydrogens is 323 g/mol. The Bertz CT molecular complexity index is 563. The minimum absolute atomic E-state index is 0.0135. The molecule has 1 aromatic rings. The van der Waals surface area contributed by atoms with Gasteiger partial charge in [-0.15, -0.1) is 0 Å². The van der Waals surface area contributed by atoms with Gasteiger partial charge in [-0.05, 0) is 31.4 Å². The molecule has 5 nitrogen and oxygen atoms in total. The molecule has 1 aromatic carbocycles. The van der Waals surface area contributed by atoms with E-state index in [-0.39, 0.29) is 27.6 Å². The third-order valence-corrected chi connectivity index (χ3v) is 5.45. The molecule has 0 spiro atoms. The van der Waals surface area contributed by atoms with Gasteiger partial charge >= 0.3 is 0 Å². The van der Waals surface area contributed by atoms with E-state index in [2.05, 4.69) is 4.72 Å². The molecule has 8 heteroatoms. The average Bonchev–Trinajstić information content (AvgIpc) is 2.79. The van der Waals surface area contributed by atoms with E-state index in [0.717, 1.165) is 19.4 Å². The molecule has 112 valence electrons. The molecule has 0 saturated carbocycles. The smallest absolute Gasteiger partial charge is 0.243 e. The summed E-state index contributed by atoms with van der Waals surface area (Å²) in [5, 5.41) is 0.0271. The van der Waals surface area contributed by atoms with Gasteiger partial charge in [0, 0.05) is 18.8 Å². The Kier molecular flexibility index (Phi) is 5.14. The summed E-state index contributed by atoms with van der Waals surface area (Å²) in [6.07, 6.45) is 2.73.